The number of ether oxygens (including phenoxy) is 1. The molecule has 4 nitrogen and oxygen atoms in total. The van der Waals surface area contributed by atoms with Gasteiger partial charge in [0.2, 0.25) is 0 Å². The molecule has 0 aliphatic carbocycles. The fourth-order valence-electron chi connectivity index (χ4n) is 3.20. The third-order valence-corrected chi connectivity index (χ3v) is 4.50. The summed E-state index contributed by atoms with van der Waals surface area (Å²) in [4.78, 5) is 4.80. The van der Waals surface area contributed by atoms with Gasteiger partial charge in [-0.15, -0.1) is 0 Å². The summed E-state index contributed by atoms with van der Waals surface area (Å²) >= 11 is 0. The quantitative estimate of drug-likeness (QED) is 0.865. The van der Waals surface area contributed by atoms with Crippen LogP contribution in [-0.4, -0.2) is 55.7 Å². The zero-order chi connectivity index (χ0) is 13.4. The second kappa shape index (κ2) is 5.12. The van der Waals surface area contributed by atoms with Gasteiger partial charge in [-0.1, -0.05) is 18.2 Å². The van der Waals surface area contributed by atoms with Crippen LogP contribution in [-0.2, 0) is 0 Å². The van der Waals surface area contributed by atoms with Gasteiger partial charge in [0.1, 0.15) is 12.4 Å². The Balaban J connectivity index is 1.74. The Bertz CT molecular complexity index is 449. The lowest BCUT2D eigenvalue weighted by atomic mass is 9.96. The van der Waals surface area contributed by atoms with Crippen molar-refractivity contribution < 1.29 is 4.74 Å². The number of nitrogens with zero attached hydrogens (tertiary/aromatic N) is 2. The molecule has 3 rings (SSSR count). The molecule has 1 aromatic rings. The Labute approximate surface area is 115 Å². The van der Waals surface area contributed by atoms with Crippen molar-refractivity contribution in [1.82, 2.24) is 9.80 Å². The van der Waals surface area contributed by atoms with Crippen molar-refractivity contribution in [1.29, 1.82) is 0 Å². The first-order valence-electron chi connectivity index (χ1n) is 7.04. The molecular weight excluding hydrogens is 238 g/mol. The molecule has 2 N–H and O–H groups in total. The lowest BCUT2D eigenvalue weighted by Gasteiger charge is -2.37. The van der Waals surface area contributed by atoms with Gasteiger partial charge in [-0.05, 0) is 26.6 Å². The van der Waals surface area contributed by atoms with Crippen molar-refractivity contribution in [3.8, 4) is 5.75 Å². The maximum Gasteiger partial charge on any atom is 0.124 e. The molecule has 2 heterocycles. The van der Waals surface area contributed by atoms with Crippen molar-refractivity contribution >= 4 is 0 Å². The summed E-state index contributed by atoms with van der Waals surface area (Å²) in [6.45, 7) is 2.92. The van der Waals surface area contributed by atoms with Gasteiger partial charge in [0.15, 0.2) is 0 Å². The van der Waals surface area contributed by atoms with Crippen molar-refractivity contribution in [3.63, 3.8) is 0 Å². The van der Waals surface area contributed by atoms with E-state index in [9.17, 15) is 0 Å². The summed E-state index contributed by atoms with van der Waals surface area (Å²) in [6, 6.07) is 9.15. The Morgan fingerprint density at radius 3 is 2.84 bits per heavy atom. The standard InChI is InChI=1S/C15H23N3O/c1-17(2)11-7-8-18(9-11)13-10-19-14-6-4-3-5-12(14)15(13)16/h3-6,11,13,15H,7-10,16H2,1-2H3. The number of para-hydroxylation sites is 1. The van der Waals surface area contributed by atoms with E-state index in [0.29, 0.717) is 18.7 Å². The van der Waals surface area contributed by atoms with Crippen molar-refractivity contribution in [3.05, 3.63) is 29.8 Å². The second-order valence-electron chi connectivity index (χ2n) is 5.84. The molecule has 19 heavy (non-hydrogen) atoms. The van der Waals surface area contributed by atoms with Crippen LogP contribution in [0.2, 0.25) is 0 Å². The summed E-state index contributed by atoms with van der Waals surface area (Å²) in [5.41, 5.74) is 7.60. The van der Waals surface area contributed by atoms with Crippen LogP contribution in [0.25, 0.3) is 0 Å². The molecule has 0 amide bonds. The summed E-state index contributed by atoms with van der Waals surface area (Å²) in [5, 5.41) is 0. The first-order valence-corrected chi connectivity index (χ1v) is 7.04. The molecule has 3 unspecified atom stereocenters. The normalized spacial score (nSPS) is 31.3. The minimum Gasteiger partial charge on any atom is -0.492 e. The number of fused-ring (bicyclic) bond motifs is 1. The van der Waals surface area contributed by atoms with Crippen molar-refractivity contribution in [2.24, 2.45) is 5.73 Å². The van der Waals surface area contributed by atoms with Crippen LogP contribution in [0.3, 0.4) is 0 Å². The van der Waals surface area contributed by atoms with Crippen LogP contribution in [0.4, 0.5) is 0 Å². The van der Waals surface area contributed by atoms with Crippen LogP contribution in [0, 0.1) is 0 Å². The first-order chi connectivity index (χ1) is 9.16. The van der Waals surface area contributed by atoms with Gasteiger partial charge in [-0.25, -0.2) is 0 Å². The molecule has 0 radical (unpaired) electrons. The van der Waals surface area contributed by atoms with E-state index in [-0.39, 0.29) is 6.04 Å². The number of likely N-dealkylation sites (tertiary alicyclic amines) is 1. The van der Waals surface area contributed by atoms with Gasteiger partial charge in [0.25, 0.3) is 0 Å². The number of benzene rings is 1. The summed E-state index contributed by atoms with van der Waals surface area (Å²) in [7, 11) is 4.31. The SMILES string of the molecule is CN(C)C1CCN(C2COc3ccccc3C2N)C1. The van der Waals surface area contributed by atoms with E-state index in [1.165, 1.54) is 6.42 Å². The zero-order valence-corrected chi connectivity index (χ0v) is 11.7. The van der Waals surface area contributed by atoms with E-state index < -0.39 is 0 Å². The van der Waals surface area contributed by atoms with Gasteiger partial charge in [-0.3, -0.25) is 4.90 Å². The predicted molar refractivity (Wildman–Crippen MR) is 76.3 cm³/mol. The highest BCUT2D eigenvalue weighted by Gasteiger charge is 2.36. The molecule has 0 spiro atoms. The maximum atomic E-state index is 6.46. The Morgan fingerprint density at radius 1 is 1.32 bits per heavy atom. The molecule has 0 saturated carbocycles. The fraction of sp³-hybridized carbons (Fsp3) is 0.600. The molecule has 104 valence electrons. The molecule has 0 aromatic heterocycles. The summed E-state index contributed by atoms with van der Waals surface area (Å²) in [5.74, 6) is 0.953. The minimum absolute atomic E-state index is 0.0610. The van der Waals surface area contributed by atoms with Crippen molar-refractivity contribution in [2.45, 2.75) is 24.5 Å². The van der Waals surface area contributed by atoms with Gasteiger partial charge < -0.3 is 15.4 Å². The third kappa shape index (κ3) is 2.36. The molecule has 4 heteroatoms. The molecule has 3 atom stereocenters. The van der Waals surface area contributed by atoms with Gasteiger partial charge >= 0.3 is 0 Å². The molecule has 2 aliphatic rings. The molecule has 0 bridgehead atoms. The predicted octanol–water partition coefficient (Wildman–Crippen LogP) is 1.08. The highest BCUT2D eigenvalue weighted by Crippen LogP contribution is 2.33. The largest absolute Gasteiger partial charge is 0.492 e. The summed E-state index contributed by atoms with van der Waals surface area (Å²) < 4.78 is 5.88. The Morgan fingerprint density at radius 2 is 2.11 bits per heavy atom. The highest BCUT2D eigenvalue weighted by atomic mass is 16.5. The van der Waals surface area contributed by atoms with Crippen LogP contribution >= 0.6 is 0 Å². The number of rotatable bonds is 2. The second-order valence-corrected chi connectivity index (χ2v) is 5.84. The number of likely N-dealkylation sites (N-methyl/N-ethyl adjacent to an activating group) is 1. The topological polar surface area (TPSA) is 41.7 Å². The average molecular weight is 261 g/mol. The number of hydrogen-bond donors (Lipinski definition) is 1. The number of hydrogen-bond acceptors (Lipinski definition) is 4. The lowest BCUT2D eigenvalue weighted by molar-refractivity contribution is 0.112. The molecular formula is C15H23N3O. The van der Waals surface area contributed by atoms with Crippen LogP contribution in [0.1, 0.15) is 18.0 Å². The zero-order valence-electron chi connectivity index (χ0n) is 11.7. The van der Waals surface area contributed by atoms with Crippen LogP contribution in [0.15, 0.2) is 24.3 Å². The van der Waals surface area contributed by atoms with E-state index in [1.54, 1.807) is 0 Å². The first kappa shape index (κ1) is 12.9. The molecule has 2 aliphatic heterocycles. The summed E-state index contributed by atoms with van der Waals surface area (Å²) in [6.07, 6.45) is 1.22. The van der Waals surface area contributed by atoms with E-state index in [2.05, 4.69) is 30.0 Å². The van der Waals surface area contributed by atoms with E-state index in [0.717, 1.165) is 24.4 Å². The van der Waals surface area contributed by atoms with E-state index >= 15 is 0 Å². The molecule has 1 aromatic carbocycles. The monoisotopic (exact) mass is 261 g/mol. The van der Waals surface area contributed by atoms with E-state index in [4.69, 9.17) is 10.5 Å². The smallest absolute Gasteiger partial charge is 0.124 e. The van der Waals surface area contributed by atoms with Crippen molar-refractivity contribution in [2.75, 3.05) is 33.8 Å². The molecule has 1 saturated heterocycles. The average Bonchev–Trinajstić information content (AvgIpc) is 2.89. The minimum atomic E-state index is 0.0610. The van der Waals surface area contributed by atoms with Crippen LogP contribution < -0.4 is 10.5 Å². The van der Waals surface area contributed by atoms with Crippen LogP contribution in [0.5, 0.6) is 5.75 Å². The Kier molecular flexibility index (Phi) is 3.48. The lowest BCUT2D eigenvalue weighted by Crippen LogP contribution is -2.48. The third-order valence-electron chi connectivity index (χ3n) is 4.50. The number of nitrogens with two attached hydrogens (primary N) is 1. The highest BCUT2D eigenvalue weighted by molar-refractivity contribution is 5.38. The van der Waals surface area contributed by atoms with Gasteiger partial charge in [-0.2, -0.15) is 0 Å². The Hall–Kier alpha value is -1.10. The van der Waals surface area contributed by atoms with Gasteiger partial charge in [0, 0.05) is 24.7 Å². The van der Waals surface area contributed by atoms with Gasteiger partial charge in [0.05, 0.1) is 12.1 Å². The fourth-order valence-corrected chi connectivity index (χ4v) is 3.20. The van der Waals surface area contributed by atoms with E-state index in [1.807, 2.05) is 18.2 Å². The maximum absolute atomic E-state index is 6.46. The molecule has 1 fully saturated rings.